The molecule has 1 heterocycles. The van der Waals surface area contributed by atoms with E-state index in [1.54, 1.807) is 6.20 Å². The van der Waals surface area contributed by atoms with Crippen molar-refractivity contribution in [2.75, 3.05) is 5.33 Å². The molecule has 3 rings (SSSR count). The molecule has 0 radical (unpaired) electrons. The summed E-state index contributed by atoms with van der Waals surface area (Å²) in [5.41, 5.74) is 3.34. The van der Waals surface area contributed by atoms with Gasteiger partial charge in [-0.25, -0.2) is 4.98 Å². The van der Waals surface area contributed by atoms with Crippen molar-refractivity contribution >= 4 is 15.9 Å². The fourth-order valence-electron chi connectivity index (χ4n) is 2.18. The molecular formula is C17H14BrNO. The number of aryl methyl sites for hydroxylation is 1. The van der Waals surface area contributed by atoms with Gasteiger partial charge in [0.1, 0.15) is 5.76 Å². The van der Waals surface area contributed by atoms with Crippen molar-refractivity contribution in [2.24, 2.45) is 0 Å². The summed E-state index contributed by atoms with van der Waals surface area (Å²) in [5, 5.41) is 0.877. The Morgan fingerprint density at radius 3 is 2.35 bits per heavy atom. The van der Waals surface area contributed by atoms with Gasteiger partial charge in [0.15, 0.2) is 0 Å². The number of alkyl halides is 1. The average molecular weight is 328 g/mol. The molecule has 3 aromatic rings. The second-order valence-electron chi connectivity index (χ2n) is 4.48. The van der Waals surface area contributed by atoms with E-state index in [-0.39, 0.29) is 0 Å². The van der Waals surface area contributed by atoms with Crippen LogP contribution in [-0.4, -0.2) is 10.3 Å². The normalized spacial score (nSPS) is 10.7. The van der Waals surface area contributed by atoms with Gasteiger partial charge >= 0.3 is 0 Å². The van der Waals surface area contributed by atoms with Crippen molar-refractivity contribution in [3.8, 4) is 22.6 Å². The number of benzene rings is 2. The number of hydrogen-bond donors (Lipinski definition) is 0. The van der Waals surface area contributed by atoms with E-state index in [1.165, 1.54) is 5.56 Å². The molecule has 100 valence electrons. The minimum atomic E-state index is 0.681. The van der Waals surface area contributed by atoms with Crippen LogP contribution in [0.15, 0.2) is 65.2 Å². The average Bonchev–Trinajstić information content (AvgIpc) is 2.97. The first-order valence-electron chi connectivity index (χ1n) is 6.54. The van der Waals surface area contributed by atoms with E-state index >= 15 is 0 Å². The third kappa shape index (κ3) is 2.68. The SMILES string of the molecule is BrCCc1cnc(-c2ccccc2-c2ccccc2)o1. The van der Waals surface area contributed by atoms with E-state index in [9.17, 15) is 0 Å². The fraction of sp³-hybridized carbons (Fsp3) is 0.118. The molecule has 0 fully saturated rings. The van der Waals surface area contributed by atoms with Crippen molar-refractivity contribution < 1.29 is 4.42 Å². The number of hydrogen-bond acceptors (Lipinski definition) is 2. The summed E-state index contributed by atoms with van der Waals surface area (Å²) in [6.45, 7) is 0. The van der Waals surface area contributed by atoms with Gasteiger partial charge in [-0.1, -0.05) is 64.5 Å². The molecule has 0 saturated carbocycles. The number of halogens is 1. The monoisotopic (exact) mass is 327 g/mol. The molecule has 0 aliphatic carbocycles. The first-order chi connectivity index (χ1) is 9.88. The van der Waals surface area contributed by atoms with Crippen LogP contribution in [0.5, 0.6) is 0 Å². The number of rotatable bonds is 4. The molecule has 0 unspecified atom stereocenters. The highest BCUT2D eigenvalue weighted by molar-refractivity contribution is 9.09. The van der Waals surface area contributed by atoms with Gasteiger partial charge in [-0.2, -0.15) is 0 Å². The molecule has 0 amide bonds. The van der Waals surface area contributed by atoms with Crippen LogP contribution in [-0.2, 0) is 6.42 Å². The van der Waals surface area contributed by atoms with Gasteiger partial charge in [0.25, 0.3) is 0 Å². The summed E-state index contributed by atoms with van der Waals surface area (Å²) in [4.78, 5) is 4.40. The van der Waals surface area contributed by atoms with E-state index in [0.29, 0.717) is 5.89 Å². The molecule has 0 N–H and O–H groups in total. The Kier molecular flexibility index (Phi) is 3.97. The Labute approximate surface area is 126 Å². The smallest absolute Gasteiger partial charge is 0.226 e. The van der Waals surface area contributed by atoms with E-state index in [0.717, 1.165) is 28.6 Å². The number of nitrogens with zero attached hydrogens (tertiary/aromatic N) is 1. The van der Waals surface area contributed by atoms with Gasteiger partial charge in [-0.3, -0.25) is 0 Å². The molecular weight excluding hydrogens is 314 g/mol. The fourth-order valence-corrected chi connectivity index (χ4v) is 2.57. The topological polar surface area (TPSA) is 26.0 Å². The van der Waals surface area contributed by atoms with Crippen molar-refractivity contribution in [2.45, 2.75) is 6.42 Å². The van der Waals surface area contributed by atoms with Gasteiger partial charge in [-0.05, 0) is 17.2 Å². The lowest BCUT2D eigenvalue weighted by Crippen LogP contribution is -1.84. The molecule has 0 spiro atoms. The Hall–Kier alpha value is -1.87. The van der Waals surface area contributed by atoms with Gasteiger partial charge in [0, 0.05) is 17.3 Å². The molecule has 1 aromatic heterocycles. The highest BCUT2D eigenvalue weighted by Gasteiger charge is 2.11. The van der Waals surface area contributed by atoms with Crippen molar-refractivity contribution in [1.29, 1.82) is 0 Å². The van der Waals surface area contributed by atoms with Crippen molar-refractivity contribution in [3.63, 3.8) is 0 Å². The lowest BCUT2D eigenvalue weighted by Gasteiger charge is -2.06. The summed E-state index contributed by atoms with van der Waals surface area (Å²) in [6.07, 6.45) is 2.65. The maximum absolute atomic E-state index is 5.83. The van der Waals surface area contributed by atoms with Crippen LogP contribution in [0.25, 0.3) is 22.6 Å². The lowest BCUT2D eigenvalue weighted by molar-refractivity contribution is 0.526. The lowest BCUT2D eigenvalue weighted by atomic mass is 10.00. The van der Waals surface area contributed by atoms with E-state index in [2.05, 4.69) is 39.1 Å². The standard InChI is InChI=1S/C17H14BrNO/c18-11-10-14-12-19-17(20-14)16-9-5-4-8-15(16)13-6-2-1-3-7-13/h1-9,12H,10-11H2. The first-order valence-corrected chi connectivity index (χ1v) is 7.66. The Balaban J connectivity index is 2.05. The quantitative estimate of drug-likeness (QED) is 0.634. The molecule has 0 atom stereocenters. The largest absolute Gasteiger partial charge is 0.441 e. The molecule has 0 aliphatic rings. The van der Waals surface area contributed by atoms with Crippen LogP contribution >= 0.6 is 15.9 Å². The van der Waals surface area contributed by atoms with Crippen LogP contribution in [0.4, 0.5) is 0 Å². The van der Waals surface area contributed by atoms with Crippen LogP contribution in [0, 0.1) is 0 Å². The first kappa shape index (κ1) is 13.1. The zero-order chi connectivity index (χ0) is 13.8. The maximum atomic E-state index is 5.83. The van der Waals surface area contributed by atoms with Gasteiger partial charge < -0.3 is 4.42 Å². The van der Waals surface area contributed by atoms with Crippen molar-refractivity contribution in [1.82, 2.24) is 4.98 Å². The van der Waals surface area contributed by atoms with Crippen LogP contribution in [0.2, 0.25) is 0 Å². The molecule has 2 aromatic carbocycles. The summed E-state index contributed by atoms with van der Waals surface area (Å²) in [7, 11) is 0. The van der Waals surface area contributed by atoms with E-state index < -0.39 is 0 Å². The second-order valence-corrected chi connectivity index (χ2v) is 5.28. The van der Waals surface area contributed by atoms with Gasteiger partial charge in [-0.15, -0.1) is 0 Å². The Morgan fingerprint density at radius 1 is 0.900 bits per heavy atom. The molecule has 0 bridgehead atoms. The molecule has 0 aliphatic heterocycles. The van der Waals surface area contributed by atoms with E-state index in [4.69, 9.17) is 4.42 Å². The summed E-state index contributed by atoms with van der Waals surface area (Å²) < 4.78 is 5.83. The molecule has 2 nitrogen and oxygen atoms in total. The summed E-state index contributed by atoms with van der Waals surface area (Å²) in [6, 6.07) is 18.5. The molecule has 3 heteroatoms. The Morgan fingerprint density at radius 2 is 1.60 bits per heavy atom. The third-order valence-electron chi connectivity index (χ3n) is 3.14. The predicted molar refractivity (Wildman–Crippen MR) is 84.9 cm³/mol. The summed E-state index contributed by atoms with van der Waals surface area (Å²) in [5.74, 6) is 1.58. The van der Waals surface area contributed by atoms with Crippen LogP contribution < -0.4 is 0 Å². The van der Waals surface area contributed by atoms with Crippen molar-refractivity contribution in [3.05, 3.63) is 66.6 Å². The minimum Gasteiger partial charge on any atom is -0.441 e. The van der Waals surface area contributed by atoms with Crippen LogP contribution in [0.1, 0.15) is 5.76 Å². The molecule has 20 heavy (non-hydrogen) atoms. The Bertz CT molecular complexity index is 691. The van der Waals surface area contributed by atoms with Crippen LogP contribution in [0.3, 0.4) is 0 Å². The second kappa shape index (κ2) is 6.06. The van der Waals surface area contributed by atoms with E-state index in [1.807, 2.05) is 36.4 Å². The number of oxazole rings is 1. The predicted octanol–water partition coefficient (Wildman–Crippen LogP) is 4.95. The number of aromatic nitrogens is 1. The summed E-state index contributed by atoms with van der Waals surface area (Å²) >= 11 is 3.41. The van der Waals surface area contributed by atoms with Gasteiger partial charge in [0.05, 0.1) is 6.20 Å². The highest BCUT2D eigenvalue weighted by Crippen LogP contribution is 2.31. The minimum absolute atomic E-state index is 0.681. The maximum Gasteiger partial charge on any atom is 0.226 e. The zero-order valence-electron chi connectivity index (χ0n) is 10.9. The third-order valence-corrected chi connectivity index (χ3v) is 3.53. The van der Waals surface area contributed by atoms with Gasteiger partial charge in [0.2, 0.25) is 5.89 Å². The molecule has 0 saturated heterocycles. The highest BCUT2D eigenvalue weighted by atomic mass is 79.9. The zero-order valence-corrected chi connectivity index (χ0v) is 12.5.